The highest BCUT2D eigenvalue weighted by Crippen LogP contribution is 2.24. The second kappa shape index (κ2) is 4.22. The second-order valence-corrected chi connectivity index (χ2v) is 4.35. The molecule has 0 aliphatic carbocycles. The first-order valence-corrected chi connectivity index (χ1v) is 5.96. The lowest BCUT2D eigenvalue weighted by atomic mass is 10.0. The van der Waals surface area contributed by atoms with Gasteiger partial charge in [0.2, 0.25) is 0 Å². The summed E-state index contributed by atoms with van der Waals surface area (Å²) in [4.78, 5) is 4.71. The van der Waals surface area contributed by atoms with Gasteiger partial charge in [0, 0.05) is 11.9 Å². The molecule has 1 aliphatic heterocycles. The van der Waals surface area contributed by atoms with E-state index in [0.29, 0.717) is 6.04 Å². The standard InChI is InChI=1S/C14H15N2/c1-2-6-12-11(5-1)8-9-14(16-12)13-7-3-4-10-15-13/h1-2,5-6,8-9,13H,3-4,7,10H2. The third kappa shape index (κ3) is 1.81. The number of aromatic nitrogens is 1. The highest BCUT2D eigenvalue weighted by molar-refractivity contribution is 5.78. The molecule has 0 saturated carbocycles. The monoisotopic (exact) mass is 211 g/mol. The van der Waals surface area contributed by atoms with Crippen LogP contribution in [0, 0.1) is 0 Å². The van der Waals surface area contributed by atoms with Gasteiger partial charge in [-0.3, -0.25) is 4.98 Å². The van der Waals surface area contributed by atoms with Crippen LogP contribution in [-0.4, -0.2) is 11.5 Å². The van der Waals surface area contributed by atoms with Gasteiger partial charge in [-0.2, -0.15) is 0 Å². The van der Waals surface area contributed by atoms with E-state index in [-0.39, 0.29) is 0 Å². The summed E-state index contributed by atoms with van der Waals surface area (Å²) < 4.78 is 0. The average molecular weight is 211 g/mol. The Kier molecular flexibility index (Phi) is 2.58. The van der Waals surface area contributed by atoms with Gasteiger partial charge in [-0.1, -0.05) is 30.7 Å². The summed E-state index contributed by atoms with van der Waals surface area (Å²) in [7, 11) is 0. The number of piperidine rings is 1. The molecule has 2 nitrogen and oxygen atoms in total. The van der Waals surface area contributed by atoms with E-state index in [9.17, 15) is 0 Å². The fourth-order valence-electron chi connectivity index (χ4n) is 2.30. The lowest BCUT2D eigenvalue weighted by Gasteiger charge is -2.21. The van der Waals surface area contributed by atoms with Crippen LogP contribution in [0.2, 0.25) is 0 Å². The van der Waals surface area contributed by atoms with E-state index in [4.69, 9.17) is 4.98 Å². The van der Waals surface area contributed by atoms with E-state index < -0.39 is 0 Å². The van der Waals surface area contributed by atoms with Gasteiger partial charge < -0.3 is 0 Å². The van der Waals surface area contributed by atoms with Crippen LogP contribution in [0.4, 0.5) is 0 Å². The molecule has 1 aliphatic rings. The van der Waals surface area contributed by atoms with Gasteiger partial charge in [-0.25, -0.2) is 5.32 Å². The summed E-state index contributed by atoms with van der Waals surface area (Å²) in [6.07, 6.45) is 3.68. The van der Waals surface area contributed by atoms with Gasteiger partial charge in [-0.05, 0) is 25.0 Å². The maximum absolute atomic E-state index is 4.71. The highest BCUT2D eigenvalue weighted by Gasteiger charge is 2.17. The Morgan fingerprint density at radius 1 is 1.00 bits per heavy atom. The van der Waals surface area contributed by atoms with Crippen molar-refractivity contribution >= 4 is 10.9 Å². The molecule has 1 aromatic carbocycles. The highest BCUT2D eigenvalue weighted by atomic mass is 14.9. The summed E-state index contributed by atoms with van der Waals surface area (Å²) in [5.74, 6) is 0. The molecular formula is C14H15N2. The van der Waals surface area contributed by atoms with Gasteiger partial charge in [-0.15, -0.1) is 0 Å². The lowest BCUT2D eigenvalue weighted by Crippen LogP contribution is -2.21. The van der Waals surface area contributed by atoms with E-state index in [1.807, 2.05) is 6.07 Å². The molecule has 81 valence electrons. The van der Waals surface area contributed by atoms with Crippen LogP contribution in [0.1, 0.15) is 31.0 Å². The van der Waals surface area contributed by atoms with Crippen molar-refractivity contribution in [3.8, 4) is 0 Å². The van der Waals surface area contributed by atoms with Crippen molar-refractivity contribution in [2.45, 2.75) is 25.3 Å². The molecule has 0 bridgehead atoms. The van der Waals surface area contributed by atoms with Crippen LogP contribution in [0.5, 0.6) is 0 Å². The molecule has 1 saturated heterocycles. The van der Waals surface area contributed by atoms with Crippen molar-refractivity contribution in [3.05, 3.63) is 42.1 Å². The minimum absolute atomic E-state index is 0.332. The van der Waals surface area contributed by atoms with E-state index in [0.717, 1.165) is 24.2 Å². The summed E-state index contributed by atoms with van der Waals surface area (Å²) >= 11 is 0. The zero-order valence-electron chi connectivity index (χ0n) is 9.26. The average Bonchev–Trinajstić information content (AvgIpc) is 2.39. The molecule has 0 spiro atoms. The molecule has 1 radical (unpaired) electrons. The van der Waals surface area contributed by atoms with Crippen LogP contribution in [0.15, 0.2) is 36.4 Å². The van der Waals surface area contributed by atoms with Crippen LogP contribution in [0.3, 0.4) is 0 Å². The predicted molar refractivity (Wildman–Crippen MR) is 65.3 cm³/mol. The van der Waals surface area contributed by atoms with Crippen molar-refractivity contribution in [1.29, 1.82) is 0 Å². The molecule has 2 aromatic rings. The first-order chi connectivity index (χ1) is 7.93. The summed E-state index contributed by atoms with van der Waals surface area (Å²) in [6, 6.07) is 12.9. The molecule has 1 atom stereocenters. The van der Waals surface area contributed by atoms with Crippen molar-refractivity contribution in [3.63, 3.8) is 0 Å². The molecule has 2 heteroatoms. The molecule has 0 N–H and O–H groups in total. The van der Waals surface area contributed by atoms with Crippen LogP contribution in [0.25, 0.3) is 10.9 Å². The number of rotatable bonds is 1. The number of para-hydroxylation sites is 1. The fourth-order valence-corrected chi connectivity index (χ4v) is 2.30. The van der Waals surface area contributed by atoms with Gasteiger partial charge in [0.25, 0.3) is 0 Å². The molecule has 2 heterocycles. The van der Waals surface area contributed by atoms with Crippen LogP contribution < -0.4 is 5.32 Å². The first kappa shape index (κ1) is 9.79. The molecule has 1 aromatic heterocycles. The number of hydrogen-bond donors (Lipinski definition) is 0. The Labute approximate surface area is 95.7 Å². The molecule has 0 amide bonds. The molecule has 1 fully saturated rings. The zero-order chi connectivity index (χ0) is 10.8. The first-order valence-electron chi connectivity index (χ1n) is 5.96. The SMILES string of the molecule is c1ccc2nc(C3CCCC[N]3)ccc2c1. The predicted octanol–water partition coefficient (Wildman–Crippen LogP) is 3.06. The van der Waals surface area contributed by atoms with Crippen molar-refractivity contribution in [2.24, 2.45) is 0 Å². The van der Waals surface area contributed by atoms with Crippen molar-refractivity contribution < 1.29 is 0 Å². The number of fused-ring (bicyclic) bond motifs is 1. The molecule has 16 heavy (non-hydrogen) atoms. The Morgan fingerprint density at radius 2 is 1.94 bits per heavy atom. The summed E-state index contributed by atoms with van der Waals surface area (Å²) in [5, 5.41) is 5.85. The van der Waals surface area contributed by atoms with Gasteiger partial charge in [0.15, 0.2) is 0 Å². The number of pyridine rings is 1. The third-order valence-corrected chi connectivity index (χ3v) is 3.20. The Morgan fingerprint density at radius 3 is 2.81 bits per heavy atom. The van der Waals surface area contributed by atoms with Gasteiger partial charge >= 0.3 is 0 Å². The lowest BCUT2D eigenvalue weighted by molar-refractivity contribution is 0.397. The van der Waals surface area contributed by atoms with E-state index in [1.54, 1.807) is 0 Å². The third-order valence-electron chi connectivity index (χ3n) is 3.20. The number of hydrogen-bond acceptors (Lipinski definition) is 1. The number of benzene rings is 1. The smallest absolute Gasteiger partial charge is 0.0706 e. The summed E-state index contributed by atoms with van der Waals surface area (Å²) in [5.41, 5.74) is 2.22. The Bertz CT molecular complexity index is 487. The van der Waals surface area contributed by atoms with E-state index >= 15 is 0 Å². The normalized spacial score (nSPS) is 21.1. The molecule has 1 unspecified atom stereocenters. The Hall–Kier alpha value is -1.41. The largest absolute Gasteiger partial charge is 0.251 e. The Balaban J connectivity index is 1.97. The van der Waals surface area contributed by atoms with E-state index in [2.05, 4.69) is 35.6 Å². The zero-order valence-corrected chi connectivity index (χ0v) is 9.26. The van der Waals surface area contributed by atoms with Gasteiger partial charge in [0.05, 0.1) is 17.3 Å². The van der Waals surface area contributed by atoms with Crippen LogP contribution >= 0.6 is 0 Å². The maximum Gasteiger partial charge on any atom is 0.0706 e. The van der Waals surface area contributed by atoms with E-state index in [1.165, 1.54) is 18.2 Å². The quantitative estimate of drug-likeness (QED) is 0.712. The molecule has 3 rings (SSSR count). The minimum Gasteiger partial charge on any atom is -0.251 e. The second-order valence-electron chi connectivity index (χ2n) is 4.35. The topological polar surface area (TPSA) is 27.0 Å². The van der Waals surface area contributed by atoms with Crippen molar-refractivity contribution in [1.82, 2.24) is 10.3 Å². The fraction of sp³-hybridized carbons (Fsp3) is 0.357. The van der Waals surface area contributed by atoms with Gasteiger partial charge in [0.1, 0.15) is 0 Å². The number of nitrogens with zero attached hydrogens (tertiary/aromatic N) is 2. The summed E-state index contributed by atoms with van der Waals surface area (Å²) in [6.45, 7) is 0.999. The van der Waals surface area contributed by atoms with Crippen LogP contribution in [-0.2, 0) is 0 Å². The minimum atomic E-state index is 0.332. The van der Waals surface area contributed by atoms with Crippen molar-refractivity contribution in [2.75, 3.05) is 6.54 Å². The molecular weight excluding hydrogens is 196 g/mol. The maximum atomic E-state index is 4.71.